The Morgan fingerprint density at radius 2 is 1.72 bits per heavy atom. The van der Waals surface area contributed by atoms with Crippen LogP contribution in [0.4, 0.5) is 0 Å². The van der Waals surface area contributed by atoms with E-state index in [0.29, 0.717) is 38.3 Å². The number of sulfonamides is 1. The van der Waals surface area contributed by atoms with Crippen molar-refractivity contribution in [2.45, 2.75) is 24.2 Å². The average Bonchev–Trinajstić information content (AvgIpc) is 2.59. The lowest BCUT2D eigenvalue weighted by Crippen LogP contribution is -2.48. The number of hydrogen-bond donors (Lipinski definition) is 1. The van der Waals surface area contributed by atoms with E-state index < -0.39 is 16.0 Å². The number of carbonyl (C=O) groups is 1. The van der Waals surface area contributed by atoms with E-state index in [9.17, 15) is 13.2 Å². The molecule has 1 N–H and O–H groups in total. The van der Waals surface area contributed by atoms with Gasteiger partial charge in [0.25, 0.3) is 0 Å². The lowest BCUT2D eigenvalue weighted by molar-refractivity contribution is -0.137. The SMILES string of the molecule is COc1ccc(S(=O)(=O)N2CCN(CCCCC(=O)O)CC2)cc1.Cl. The van der Waals surface area contributed by atoms with Crippen molar-refractivity contribution in [3.05, 3.63) is 24.3 Å². The molecule has 0 saturated carbocycles. The fourth-order valence-electron chi connectivity index (χ4n) is 2.70. The summed E-state index contributed by atoms with van der Waals surface area (Å²) in [6.45, 7) is 3.05. The third-order valence-electron chi connectivity index (χ3n) is 4.14. The zero-order valence-corrected chi connectivity index (χ0v) is 15.9. The molecule has 0 amide bonds. The van der Waals surface area contributed by atoms with E-state index in [-0.39, 0.29) is 23.7 Å². The van der Waals surface area contributed by atoms with E-state index in [2.05, 4.69) is 4.90 Å². The number of carboxylic acid groups (broad SMARTS) is 1. The van der Waals surface area contributed by atoms with Gasteiger partial charge < -0.3 is 14.7 Å². The smallest absolute Gasteiger partial charge is 0.303 e. The van der Waals surface area contributed by atoms with Crippen molar-refractivity contribution >= 4 is 28.4 Å². The van der Waals surface area contributed by atoms with Crippen LogP contribution in [0.5, 0.6) is 5.75 Å². The number of ether oxygens (including phenoxy) is 1. The van der Waals surface area contributed by atoms with E-state index in [1.807, 2.05) is 0 Å². The van der Waals surface area contributed by atoms with Crippen LogP contribution in [0.25, 0.3) is 0 Å². The van der Waals surface area contributed by atoms with Gasteiger partial charge in [-0.25, -0.2) is 8.42 Å². The summed E-state index contributed by atoms with van der Waals surface area (Å²) in [5.41, 5.74) is 0. The van der Waals surface area contributed by atoms with Gasteiger partial charge in [0.2, 0.25) is 10.0 Å². The number of nitrogens with zero attached hydrogens (tertiary/aromatic N) is 2. The van der Waals surface area contributed by atoms with Gasteiger partial charge in [-0.1, -0.05) is 0 Å². The Bertz CT molecular complexity index is 643. The molecule has 1 fully saturated rings. The van der Waals surface area contributed by atoms with E-state index in [1.54, 1.807) is 31.4 Å². The number of benzene rings is 1. The van der Waals surface area contributed by atoms with E-state index in [1.165, 1.54) is 4.31 Å². The Morgan fingerprint density at radius 1 is 1.12 bits per heavy atom. The largest absolute Gasteiger partial charge is 0.497 e. The Balaban J connectivity index is 0.00000312. The summed E-state index contributed by atoms with van der Waals surface area (Å²) >= 11 is 0. The normalized spacial score (nSPS) is 16.2. The van der Waals surface area contributed by atoms with Crippen molar-refractivity contribution in [1.82, 2.24) is 9.21 Å². The second kappa shape index (κ2) is 9.96. The monoisotopic (exact) mass is 392 g/mol. The molecule has 9 heteroatoms. The van der Waals surface area contributed by atoms with Gasteiger partial charge in [-0.15, -0.1) is 12.4 Å². The van der Waals surface area contributed by atoms with Crippen molar-refractivity contribution in [2.24, 2.45) is 0 Å². The minimum Gasteiger partial charge on any atom is -0.497 e. The van der Waals surface area contributed by atoms with Crippen LogP contribution in [0.3, 0.4) is 0 Å². The first-order valence-corrected chi connectivity index (χ1v) is 9.46. The van der Waals surface area contributed by atoms with Crippen molar-refractivity contribution in [3.63, 3.8) is 0 Å². The fourth-order valence-corrected chi connectivity index (χ4v) is 4.12. The molecule has 0 aromatic heterocycles. The first kappa shape index (κ1) is 21.7. The summed E-state index contributed by atoms with van der Waals surface area (Å²) in [6, 6.07) is 6.41. The highest BCUT2D eigenvalue weighted by molar-refractivity contribution is 7.89. The molecule has 0 bridgehead atoms. The van der Waals surface area contributed by atoms with Gasteiger partial charge in [-0.05, 0) is 43.7 Å². The Labute approximate surface area is 155 Å². The second-order valence-electron chi connectivity index (χ2n) is 5.77. The molecule has 1 aromatic rings. The van der Waals surface area contributed by atoms with Crippen LogP contribution in [0, 0.1) is 0 Å². The number of methoxy groups -OCH3 is 1. The highest BCUT2D eigenvalue weighted by atomic mass is 35.5. The number of piperazine rings is 1. The summed E-state index contributed by atoms with van der Waals surface area (Å²) in [5.74, 6) is -0.148. The van der Waals surface area contributed by atoms with Gasteiger partial charge in [0.1, 0.15) is 5.75 Å². The van der Waals surface area contributed by atoms with Crippen LogP contribution in [-0.4, -0.2) is 68.5 Å². The lowest BCUT2D eigenvalue weighted by atomic mass is 10.2. The first-order valence-electron chi connectivity index (χ1n) is 8.02. The van der Waals surface area contributed by atoms with Gasteiger partial charge >= 0.3 is 5.97 Å². The molecule has 0 aliphatic carbocycles. The summed E-state index contributed by atoms with van der Waals surface area (Å²) in [5, 5.41) is 8.62. The molecular formula is C16H25ClN2O5S. The number of aliphatic carboxylic acids is 1. The molecule has 1 aromatic carbocycles. The molecule has 0 radical (unpaired) electrons. The van der Waals surface area contributed by atoms with Crippen LogP contribution in [0.15, 0.2) is 29.2 Å². The molecule has 7 nitrogen and oxygen atoms in total. The summed E-state index contributed by atoms with van der Waals surface area (Å²) < 4.78 is 31.8. The highest BCUT2D eigenvalue weighted by Crippen LogP contribution is 2.20. The van der Waals surface area contributed by atoms with E-state index >= 15 is 0 Å². The lowest BCUT2D eigenvalue weighted by Gasteiger charge is -2.34. The molecule has 25 heavy (non-hydrogen) atoms. The van der Waals surface area contributed by atoms with Gasteiger partial charge in [-0.3, -0.25) is 4.79 Å². The number of unbranched alkanes of at least 4 members (excludes halogenated alkanes) is 1. The van der Waals surface area contributed by atoms with Crippen molar-refractivity contribution in [1.29, 1.82) is 0 Å². The summed E-state index contributed by atoms with van der Waals surface area (Å²) in [4.78, 5) is 12.9. The minimum atomic E-state index is -3.47. The third kappa shape index (κ3) is 6.14. The number of halogens is 1. The Morgan fingerprint density at radius 3 is 2.24 bits per heavy atom. The molecule has 1 aliphatic rings. The van der Waals surface area contributed by atoms with Crippen LogP contribution in [0.2, 0.25) is 0 Å². The standard InChI is InChI=1S/C16H24N2O5S.ClH/c1-23-14-5-7-15(8-6-14)24(21,22)18-12-10-17(11-13-18)9-3-2-4-16(19)20;/h5-8H,2-4,9-13H2,1H3,(H,19,20);1H. The maximum atomic E-state index is 12.6. The van der Waals surface area contributed by atoms with Crippen molar-refractivity contribution in [3.8, 4) is 5.75 Å². The Hall–Kier alpha value is -1.35. The zero-order chi connectivity index (χ0) is 17.6. The Kier molecular flexibility index (Phi) is 8.64. The maximum absolute atomic E-state index is 12.6. The number of rotatable bonds is 8. The van der Waals surface area contributed by atoms with E-state index in [0.717, 1.165) is 13.0 Å². The minimum absolute atomic E-state index is 0. The molecule has 142 valence electrons. The fraction of sp³-hybridized carbons (Fsp3) is 0.562. The van der Waals surface area contributed by atoms with Crippen LogP contribution < -0.4 is 4.74 Å². The summed E-state index contributed by atoms with van der Waals surface area (Å²) in [6.07, 6.45) is 1.66. The predicted octanol–water partition coefficient (Wildman–Crippen LogP) is 1.68. The predicted molar refractivity (Wildman–Crippen MR) is 96.9 cm³/mol. The first-order chi connectivity index (χ1) is 11.4. The van der Waals surface area contributed by atoms with Crippen LogP contribution in [0.1, 0.15) is 19.3 Å². The molecule has 2 rings (SSSR count). The van der Waals surface area contributed by atoms with Crippen LogP contribution in [-0.2, 0) is 14.8 Å². The van der Waals surface area contributed by atoms with Gasteiger partial charge in [0.15, 0.2) is 0 Å². The third-order valence-corrected chi connectivity index (χ3v) is 6.06. The highest BCUT2D eigenvalue weighted by Gasteiger charge is 2.28. The quantitative estimate of drug-likeness (QED) is 0.677. The average molecular weight is 393 g/mol. The van der Waals surface area contributed by atoms with Crippen molar-refractivity contribution < 1.29 is 23.1 Å². The summed E-state index contributed by atoms with van der Waals surface area (Å²) in [7, 11) is -1.93. The molecule has 0 unspecified atom stereocenters. The molecule has 1 aliphatic heterocycles. The maximum Gasteiger partial charge on any atom is 0.303 e. The van der Waals surface area contributed by atoms with Gasteiger partial charge in [-0.2, -0.15) is 4.31 Å². The molecule has 0 atom stereocenters. The van der Waals surface area contributed by atoms with Gasteiger partial charge in [0.05, 0.1) is 12.0 Å². The van der Waals surface area contributed by atoms with Crippen LogP contribution >= 0.6 is 12.4 Å². The zero-order valence-electron chi connectivity index (χ0n) is 14.3. The topological polar surface area (TPSA) is 87.2 Å². The second-order valence-corrected chi connectivity index (χ2v) is 7.71. The molecule has 0 spiro atoms. The van der Waals surface area contributed by atoms with E-state index in [4.69, 9.17) is 9.84 Å². The molecule has 1 saturated heterocycles. The molecular weight excluding hydrogens is 368 g/mol. The number of hydrogen-bond acceptors (Lipinski definition) is 5. The molecule has 1 heterocycles. The van der Waals surface area contributed by atoms with Gasteiger partial charge in [0, 0.05) is 32.6 Å². The number of carboxylic acids is 1. The van der Waals surface area contributed by atoms with Crippen molar-refractivity contribution in [2.75, 3.05) is 39.8 Å².